The summed E-state index contributed by atoms with van der Waals surface area (Å²) in [6.45, 7) is 4.32. The molecule has 146 valence electrons. The van der Waals surface area contributed by atoms with Crippen LogP contribution in [0.1, 0.15) is 42.6 Å². The van der Waals surface area contributed by atoms with Gasteiger partial charge < -0.3 is 15.4 Å². The predicted octanol–water partition coefficient (Wildman–Crippen LogP) is 2.81. The molecule has 2 heterocycles. The number of hydrogen-bond donors (Lipinski definition) is 2. The first kappa shape index (κ1) is 20.9. The zero-order valence-corrected chi connectivity index (χ0v) is 16.3. The van der Waals surface area contributed by atoms with Crippen LogP contribution in [0, 0.1) is 11.3 Å². The molecule has 1 aliphatic rings. The van der Waals surface area contributed by atoms with Gasteiger partial charge in [-0.1, -0.05) is 13.8 Å². The van der Waals surface area contributed by atoms with Gasteiger partial charge in [0.2, 0.25) is 11.8 Å². The van der Waals surface area contributed by atoms with Gasteiger partial charge >= 0.3 is 0 Å². The first-order valence-corrected chi connectivity index (χ1v) is 9.24. The molecule has 0 spiro atoms. The highest BCUT2D eigenvalue weighted by atomic mass is 16.5. The summed E-state index contributed by atoms with van der Waals surface area (Å²) >= 11 is 0. The number of nitrogens with zero attached hydrogens (tertiary/aromatic N) is 2. The number of pyridine rings is 1. The Hall–Kier alpha value is -3.40. The molecule has 2 aromatic rings. The minimum absolute atomic E-state index is 0.0262. The van der Waals surface area contributed by atoms with Gasteiger partial charge in [-0.25, -0.2) is 4.98 Å². The lowest BCUT2D eigenvalue weighted by Crippen LogP contribution is -2.31. The molecule has 1 amide bonds. The van der Waals surface area contributed by atoms with Gasteiger partial charge in [0.05, 0.1) is 11.6 Å². The monoisotopic (exact) mass is 380 g/mol. The lowest BCUT2D eigenvalue weighted by atomic mass is 9.97. The van der Waals surface area contributed by atoms with Crippen LogP contribution in [0.15, 0.2) is 30.6 Å². The number of aldehydes is 1. The van der Waals surface area contributed by atoms with Crippen LogP contribution in [0.5, 0.6) is 5.88 Å². The maximum Gasteiger partial charge on any atom is 0.221 e. The fourth-order valence-electron chi connectivity index (χ4n) is 2.95. The molecule has 0 aliphatic carbocycles. The maximum absolute atomic E-state index is 11.5. The number of rotatable bonds is 6. The van der Waals surface area contributed by atoms with E-state index in [4.69, 9.17) is 4.74 Å². The van der Waals surface area contributed by atoms with Gasteiger partial charge in [-0.15, -0.1) is 0 Å². The number of nitrogens with one attached hydrogen (secondary N) is 2. The Labute approximate surface area is 164 Å². The third-order valence-corrected chi connectivity index (χ3v) is 4.23. The molecule has 1 saturated heterocycles. The van der Waals surface area contributed by atoms with E-state index in [1.54, 1.807) is 37.6 Å². The average Bonchev–Trinajstić information content (AvgIpc) is 3.16. The van der Waals surface area contributed by atoms with Crippen LogP contribution in [0.4, 0.5) is 0 Å². The van der Waals surface area contributed by atoms with E-state index < -0.39 is 0 Å². The van der Waals surface area contributed by atoms with Crippen molar-refractivity contribution in [1.82, 2.24) is 15.6 Å². The summed E-state index contributed by atoms with van der Waals surface area (Å²) in [6, 6.07) is 7.29. The number of hydrogen-bond acceptors (Lipinski definition) is 6. The quantitative estimate of drug-likeness (QED) is 0.590. The van der Waals surface area contributed by atoms with E-state index in [0.717, 1.165) is 18.1 Å². The number of aromatic nitrogens is 1. The van der Waals surface area contributed by atoms with Gasteiger partial charge in [0.25, 0.3) is 0 Å². The molecule has 1 fully saturated rings. The van der Waals surface area contributed by atoms with Crippen molar-refractivity contribution in [2.24, 2.45) is 0 Å². The van der Waals surface area contributed by atoms with Gasteiger partial charge in [0, 0.05) is 42.4 Å². The van der Waals surface area contributed by atoms with Crippen molar-refractivity contribution in [3.63, 3.8) is 0 Å². The average molecular weight is 380 g/mol. The smallest absolute Gasteiger partial charge is 0.221 e. The Morgan fingerprint density at radius 1 is 1.46 bits per heavy atom. The number of fused-ring (bicyclic) bond motifs is 1. The molecule has 7 heteroatoms. The molecule has 1 unspecified atom stereocenters. The van der Waals surface area contributed by atoms with E-state index in [0.29, 0.717) is 41.0 Å². The summed E-state index contributed by atoms with van der Waals surface area (Å²) in [5.41, 5.74) is 1.27. The van der Waals surface area contributed by atoms with Crippen molar-refractivity contribution in [2.45, 2.75) is 32.7 Å². The summed E-state index contributed by atoms with van der Waals surface area (Å²) in [4.78, 5) is 27.0. The molecule has 1 aromatic heterocycles. The molecule has 0 saturated carbocycles. The van der Waals surface area contributed by atoms with Crippen molar-refractivity contribution < 1.29 is 14.3 Å². The van der Waals surface area contributed by atoms with Crippen LogP contribution in [0.3, 0.4) is 0 Å². The second kappa shape index (κ2) is 10.1. The van der Waals surface area contributed by atoms with E-state index in [1.165, 1.54) is 0 Å². The molecule has 0 bridgehead atoms. The van der Waals surface area contributed by atoms with Crippen LogP contribution in [-0.2, 0) is 4.79 Å². The molecule has 7 nitrogen and oxygen atoms in total. The molecular weight excluding hydrogens is 356 g/mol. The lowest BCUT2D eigenvalue weighted by molar-refractivity contribution is -0.119. The summed E-state index contributed by atoms with van der Waals surface area (Å²) in [5.74, 6) is 0.433. The first-order valence-electron chi connectivity index (χ1n) is 9.24. The highest BCUT2D eigenvalue weighted by Gasteiger charge is 2.22. The van der Waals surface area contributed by atoms with E-state index >= 15 is 0 Å². The third-order valence-electron chi connectivity index (χ3n) is 4.23. The molecule has 1 aliphatic heterocycles. The van der Waals surface area contributed by atoms with Gasteiger partial charge in [-0.05, 0) is 30.0 Å². The topological polar surface area (TPSA) is 104 Å². The molecule has 3 rings (SSSR count). The number of carbonyl (C=O) groups is 2. The Morgan fingerprint density at radius 2 is 2.25 bits per heavy atom. The predicted molar refractivity (Wildman–Crippen MR) is 108 cm³/mol. The van der Waals surface area contributed by atoms with Gasteiger partial charge in [0.1, 0.15) is 12.7 Å². The summed E-state index contributed by atoms with van der Waals surface area (Å²) in [7, 11) is 1.69. The van der Waals surface area contributed by atoms with Crippen LogP contribution in [-0.4, -0.2) is 36.9 Å². The normalized spacial score (nSPS) is 15.9. The number of benzene rings is 1. The number of nitriles is 1. The van der Waals surface area contributed by atoms with Crippen molar-refractivity contribution >= 4 is 28.5 Å². The molecular formula is C21H24N4O3. The van der Waals surface area contributed by atoms with E-state index in [2.05, 4.69) is 21.7 Å². The largest absolute Gasteiger partial charge is 0.475 e. The molecule has 0 radical (unpaired) electrons. The van der Waals surface area contributed by atoms with Crippen molar-refractivity contribution in [2.75, 3.05) is 13.7 Å². The van der Waals surface area contributed by atoms with Gasteiger partial charge in [-0.3, -0.25) is 9.59 Å². The van der Waals surface area contributed by atoms with Gasteiger partial charge in [0.15, 0.2) is 6.29 Å². The summed E-state index contributed by atoms with van der Waals surface area (Å²) in [5, 5.41) is 16.5. The zero-order valence-electron chi connectivity index (χ0n) is 16.3. The van der Waals surface area contributed by atoms with E-state index in [1.807, 2.05) is 13.8 Å². The highest BCUT2D eigenvalue weighted by Crippen LogP contribution is 2.29. The standard InChI is InChI=1S/C19H18N4O3.C2H6/c1-21-9-14(8-20)16-7-17-12(6-13(16)10-24)4-5-22-19(17)26-11-15-2-3-18(25)23-15;1-2/h4-7,9-10,15,21H,2-3,11H2,1H3,(H,23,25);1-2H3/b14-9-;. The second-order valence-electron chi connectivity index (χ2n) is 5.97. The molecule has 28 heavy (non-hydrogen) atoms. The molecule has 1 aromatic carbocycles. The maximum atomic E-state index is 11.5. The van der Waals surface area contributed by atoms with Crippen molar-refractivity contribution in [3.8, 4) is 11.9 Å². The minimum atomic E-state index is -0.0351. The first-order chi connectivity index (χ1) is 13.7. The Kier molecular flexibility index (Phi) is 7.52. The fourth-order valence-corrected chi connectivity index (χ4v) is 2.95. The summed E-state index contributed by atoms with van der Waals surface area (Å²) in [6.07, 6.45) is 5.11. The fraction of sp³-hybridized carbons (Fsp3) is 0.333. The van der Waals surface area contributed by atoms with E-state index in [-0.39, 0.29) is 11.9 Å². The third kappa shape index (κ3) is 4.65. The minimum Gasteiger partial charge on any atom is -0.475 e. The van der Waals surface area contributed by atoms with Crippen LogP contribution < -0.4 is 15.4 Å². The highest BCUT2D eigenvalue weighted by molar-refractivity contribution is 5.99. The van der Waals surface area contributed by atoms with Gasteiger partial charge in [-0.2, -0.15) is 5.26 Å². The van der Waals surface area contributed by atoms with Crippen LogP contribution >= 0.6 is 0 Å². The molecule has 2 N–H and O–H groups in total. The van der Waals surface area contributed by atoms with Crippen molar-refractivity contribution in [1.29, 1.82) is 5.26 Å². The lowest BCUT2D eigenvalue weighted by Gasteiger charge is -2.14. The Balaban J connectivity index is 0.00000136. The van der Waals surface area contributed by atoms with Crippen LogP contribution in [0.25, 0.3) is 16.3 Å². The zero-order chi connectivity index (χ0) is 20.5. The van der Waals surface area contributed by atoms with E-state index in [9.17, 15) is 14.9 Å². The SMILES string of the molecule is CC.CN/C=C(/C#N)c1cc2c(OCC3CCC(=O)N3)nccc2cc1C=O. The number of carbonyl (C=O) groups excluding carboxylic acids is 2. The Morgan fingerprint density at radius 3 is 2.86 bits per heavy atom. The summed E-state index contributed by atoms with van der Waals surface area (Å²) < 4.78 is 5.82. The number of amides is 1. The second-order valence-corrected chi connectivity index (χ2v) is 5.97. The number of ether oxygens (including phenoxy) is 1. The Bertz CT molecular complexity index is 931. The van der Waals surface area contributed by atoms with Crippen molar-refractivity contribution in [3.05, 3.63) is 41.7 Å². The molecule has 1 atom stereocenters. The number of allylic oxidation sites excluding steroid dienone is 1. The van der Waals surface area contributed by atoms with Crippen LogP contribution in [0.2, 0.25) is 0 Å².